The zero-order valence-corrected chi connectivity index (χ0v) is 8.25. The van der Waals surface area contributed by atoms with Gasteiger partial charge in [-0.25, -0.2) is 0 Å². The first-order valence-electron chi connectivity index (χ1n) is 4.29. The molecule has 70 valence electrons. The van der Waals surface area contributed by atoms with Gasteiger partial charge in [-0.15, -0.1) is 0 Å². The Morgan fingerprint density at radius 2 is 2.08 bits per heavy atom. The summed E-state index contributed by atoms with van der Waals surface area (Å²) in [6.45, 7) is 2.04. The molecule has 0 saturated carbocycles. The van der Waals surface area contributed by atoms with Crippen molar-refractivity contribution in [3.63, 3.8) is 0 Å². The standard InChI is InChI=1S/C9H12BClO2/c1-2-3-7-6-8(11)4-5-9(7)10(12)13/h4-6,12-13H,2-3H2,1H3. The van der Waals surface area contributed by atoms with Crippen molar-refractivity contribution < 1.29 is 10.0 Å². The molecule has 0 fully saturated rings. The van der Waals surface area contributed by atoms with Crippen LogP contribution in [-0.4, -0.2) is 17.2 Å². The second kappa shape index (κ2) is 4.65. The molecule has 0 bridgehead atoms. The molecule has 2 nitrogen and oxygen atoms in total. The molecule has 0 aliphatic heterocycles. The molecule has 0 atom stereocenters. The van der Waals surface area contributed by atoms with Crippen molar-refractivity contribution >= 4 is 24.2 Å². The van der Waals surface area contributed by atoms with E-state index in [0.29, 0.717) is 10.5 Å². The first kappa shape index (κ1) is 10.6. The Balaban J connectivity index is 3.03. The van der Waals surface area contributed by atoms with Gasteiger partial charge in [-0.3, -0.25) is 0 Å². The van der Waals surface area contributed by atoms with Crippen molar-refractivity contribution in [3.05, 3.63) is 28.8 Å². The molecule has 0 spiro atoms. The van der Waals surface area contributed by atoms with E-state index in [1.165, 1.54) is 0 Å². The fourth-order valence-electron chi connectivity index (χ4n) is 1.31. The fraction of sp³-hybridized carbons (Fsp3) is 0.333. The zero-order valence-electron chi connectivity index (χ0n) is 7.50. The smallest absolute Gasteiger partial charge is 0.423 e. The highest BCUT2D eigenvalue weighted by atomic mass is 35.5. The molecular weight excluding hydrogens is 186 g/mol. The molecule has 0 unspecified atom stereocenters. The lowest BCUT2D eigenvalue weighted by molar-refractivity contribution is 0.425. The minimum Gasteiger partial charge on any atom is -0.423 e. The summed E-state index contributed by atoms with van der Waals surface area (Å²) >= 11 is 5.79. The summed E-state index contributed by atoms with van der Waals surface area (Å²) in [5.41, 5.74) is 1.45. The van der Waals surface area contributed by atoms with Crippen LogP contribution in [0.5, 0.6) is 0 Å². The lowest BCUT2D eigenvalue weighted by Gasteiger charge is -2.07. The number of rotatable bonds is 3. The van der Waals surface area contributed by atoms with Gasteiger partial charge < -0.3 is 10.0 Å². The molecule has 0 heterocycles. The van der Waals surface area contributed by atoms with Crippen molar-refractivity contribution in [1.29, 1.82) is 0 Å². The Bertz CT molecular complexity index is 289. The Morgan fingerprint density at radius 3 is 2.62 bits per heavy atom. The van der Waals surface area contributed by atoms with E-state index < -0.39 is 7.12 Å². The van der Waals surface area contributed by atoms with Crippen LogP contribution in [0, 0.1) is 0 Å². The average Bonchev–Trinajstić information content (AvgIpc) is 2.04. The van der Waals surface area contributed by atoms with Crippen LogP contribution >= 0.6 is 11.6 Å². The predicted octanol–water partition coefficient (Wildman–Crippen LogP) is 0.972. The maximum absolute atomic E-state index is 9.03. The quantitative estimate of drug-likeness (QED) is 0.711. The van der Waals surface area contributed by atoms with E-state index in [4.69, 9.17) is 21.6 Å². The molecular formula is C9H12BClO2. The largest absolute Gasteiger partial charge is 0.488 e. The number of hydrogen-bond donors (Lipinski definition) is 2. The summed E-state index contributed by atoms with van der Waals surface area (Å²) in [5, 5.41) is 18.7. The van der Waals surface area contributed by atoms with Gasteiger partial charge in [0.15, 0.2) is 0 Å². The molecule has 1 rings (SSSR count). The van der Waals surface area contributed by atoms with Crippen molar-refractivity contribution in [2.24, 2.45) is 0 Å². The van der Waals surface area contributed by atoms with E-state index in [1.54, 1.807) is 18.2 Å². The van der Waals surface area contributed by atoms with Crippen LogP contribution in [0.3, 0.4) is 0 Å². The van der Waals surface area contributed by atoms with Crippen LogP contribution in [0.2, 0.25) is 5.02 Å². The van der Waals surface area contributed by atoms with Crippen molar-refractivity contribution in [3.8, 4) is 0 Å². The van der Waals surface area contributed by atoms with Crippen molar-refractivity contribution in [1.82, 2.24) is 0 Å². The molecule has 2 N–H and O–H groups in total. The van der Waals surface area contributed by atoms with E-state index in [0.717, 1.165) is 18.4 Å². The topological polar surface area (TPSA) is 40.5 Å². The van der Waals surface area contributed by atoms with E-state index in [2.05, 4.69) is 0 Å². The van der Waals surface area contributed by atoms with Crippen LogP contribution in [0.25, 0.3) is 0 Å². The summed E-state index contributed by atoms with van der Waals surface area (Å²) in [6.07, 6.45) is 1.77. The molecule has 0 aliphatic rings. The van der Waals surface area contributed by atoms with Crippen LogP contribution < -0.4 is 5.46 Å². The lowest BCUT2D eigenvalue weighted by Crippen LogP contribution is -2.32. The predicted molar refractivity (Wildman–Crippen MR) is 55.3 cm³/mol. The third kappa shape index (κ3) is 2.73. The molecule has 0 aromatic heterocycles. The van der Waals surface area contributed by atoms with Gasteiger partial charge in [0.1, 0.15) is 0 Å². The molecule has 0 aliphatic carbocycles. The molecule has 4 heteroatoms. The molecule has 0 radical (unpaired) electrons. The van der Waals surface area contributed by atoms with Gasteiger partial charge in [-0.05, 0) is 29.6 Å². The average molecular weight is 198 g/mol. The van der Waals surface area contributed by atoms with Gasteiger partial charge in [0.25, 0.3) is 0 Å². The third-order valence-corrected chi connectivity index (χ3v) is 2.14. The first-order chi connectivity index (χ1) is 6.15. The summed E-state index contributed by atoms with van der Waals surface area (Å²) in [5.74, 6) is 0. The van der Waals surface area contributed by atoms with Gasteiger partial charge in [-0.1, -0.05) is 31.0 Å². The van der Waals surface area contributed by atoms with Crippen LogP contribution in [-0.2, 0) is 6.42 Å². The first-order valence-corrected chi connectivity index (χ1v) is 4.67. The van der Waals surface area contributed by atoms with Crippen LogP contribution in [0.15, 0.2) is 18.2 Å². The minimum atomic E-state index is -1.40. The highest BCUT2D eigenvalue weighted by Gasteiger charge is 2.15. The van der Waals surface area contributed by atoms with E-state index in [1.807, 2.05) is 6.92 Å². The van der Waals surface area contributed by atoms with Gasteiger partial charge >= 0.3 is 7.12 Å². The van der Waals surface area contributed by atoms with Gasteiger partial charge in [0.05, 0.1) is 0 Å². The molecule has 1 aromatic carbocycles. The lowest BCUT2D eigenvalue weighted by atomic mass is 9.76. The van der Waals surface area contributed by atoms with Gasteiger partial charge in [0.2, 0.25) is 0 Å². The van der Waals surface area contributed by atoms with Crippen molar-refractivity contribution in [2.45, 2.75) is 19.8 Å². The number of benzene rings is 1. The highest BCUT2D eigenvalue weighted by molar-refractivity contribution is 6.59. The highest BCUT2D eigenvalue weighted by Crippen LogP contribution is 2.10. The van der Waals surface area contributed by atoms with Crippen molar-refractivity contribution in [2.75, 3.05) is 0 Å². The second-order valence-corrected chi connectivity index (χ2v) is 3.40. The normalized spacial score (nSPS) is 10.2. The SMILES string of the molecule is CCCc1cc(Cl)ccc1B(O)O. The summed E-state index contributed by atoms with van der Waals surface area (Å²) < 4.78 is 0. The third-order valence-electron chi connectivity index (χ3n) is 1.90. The Morgan fingerprint density at radius 1 is 1.38 bits per heavy atom. The summed E-state index contributed by atoms with van der Waals surface area (Å²) in [4.78, 5) is 0. The Hall–Kier alpha value is -0.505. The van der Waals surface area contributed by atoms with Crippen LogP contribution in [0.1, 0.15) is 18.9 Å². The monoisotopic (exact) mass is 198 g/mol. The van der Waals surface area contributed by atoms with Crippen LogP contribution in [0.4, 0.5) is 0 Å². The number of aryl methyl sites for hydroxylation is 1. The Kier molecular flexibility index (Phi) is 3.79. The van der Waals surface area contributed by atoms with Gasteiger partial charge in [-0.2, -0.15) is 0 Å². The molecule has 1 aromatic rings. The summed E-state index contributed by atoms with van der Waals surface area (Å²) in [6, 6.07) is 5.09. The maximum Gasteiger partial charge on any atom is 0.488 e. The van der Waals surface area contributed by atoms with E-state index in [9.17, 15) is 0 Å². The minimum absolute atomic E-state index is 0.547. The summed E-state index contributed by atoms with van der Waals surface area (Å²) in [7, 11) is -1.40. The number of hydrogen-bond acceptors (Lipinski definition) is 2. The van der Waals surface area contributed by atoms with E-state index in [-0.39, 0.29) is 0 Å². The second-order valence-electron chi connectivity index (χ2n) is 2.97. The zero-order chi connectivity index (χ0) is 9.84. The maximum atomic E-state index is 9.03. The molecule has 13 heavy (non-hydrogen) atoms. The number of halogens is 1. The Labute approximate surface area is 83.3 Å². The van der Waals surface area contributed by atoms with E-state index >= 15 is 0 Å². The van der Waals surface area contributed by atoms with Gasteiger partial charge in [0, 0.05) is 5.02 Å². The molecule has 0 saturated heterocycles. The molecule has 0 amide bonds. The fourth-order valence-corrected chi connectivity index (χ4v) is 1.51.